The van der Waals surface area contributed by atoms with Crippen molar-refractivity contribution in [1.29, 1.82) is 0 Å². The molecule has 6 heteroatoms. The van der Waals surface area contributed by atoms with Crippen LogP contribution in [-0.2, 0) is 6.54 Å². The summed E-state index contributed by atoms with van der Waals surface area (Å²) in [6.45, 7) is 8.90. The predicted molar refractivity (Wildman–Crippen MR) is 78.8 cm³/mol. The van der Waals surface area contributed by atoms with E-state index >= 15 is 0 Å². The molecule has 1 aliphatic heterocycles. The minimum atomic E-state index is 0. The summed E-state index contributed by atoms with van der Waals surface area (Å²) in [5, 5.41) is 1.93. The third kappa shape index (κ3) is 3.35. The lowest BCUT2D eigenvalue weighted by Crippen LogP contribution is -2.33. The van der Waals surface area contributed by atoms with E-state index in [1.54, 1.807) is 0 Å². The molecular formula is C12H22ClN3OS. The Balaban J connectivity index is 0.00000162. The number of nitrogens with zero attached hydrogens (tertiary/aromatic N) is 2. The van der Waals surface area contributed by atoms with Crippen molar-refractivity contribution in [3.63, 3.8) is 0 Å². The van der Waals surface area contributed by atoms with Crippen molar-refractivity contribution < 1.29 is 0 Å². The van der Waals surface area contributed by atoms with Gasteiger partial charge in [0.1, 0.15) is 0 Å². The first kappa shape index (κ1) is 15.7. The minimum absolute atomic E-state index is 0. The number of likely N-dealkylation sites (tertiary alicyclic amines) is 1. The van der Waals surface area contributed by atoms with Crippen molar-refractivity contribution in [2.75, 3.05) is 26.2 Å². The number of rotatable bonds is 4. The Morgan fingerprint density at radius 1 is 1.50 bits per heavy atom. The summed E-state index contributed by atoms with van der Waals surface area (Å²) in [6.07, 6.45) is 1.17. The lowest BCUT2D eigenvalue weighted by Gasteiger charge is -2.22. The molecule has 2 rings (SSSR count). The van der Waals surface area contributed by atoms with Gasteiger partial charge in [0.2, 0.25) is 0 Å². The average Bonchev–Trinajstić information content (AvgIpc) is 2.83. The summed E-state index contributed by atoms with van der Waals surface area (Å²) in [6, 6.07) is 0. The number of aryl methyl sites for hydroxylation is 1. The third-order valence-electron chi connectivity index (χ3n) is 3.75. The normalized spacial score (nSPS) is 24.2. The van der Waals surface area contributed by atoms with E-state index in [2.05, 4.69) is 11.8 Å². The molecule has 1 fully saturated rings. The minimum Gasteiger partial charge on any atom is -0.330 e. The predicted octanol–water partition coefficient (Wildman–Crippen LogP) is 1.31. The van der Waals surface area contributed by atoms with Gasteiger partial charge in [-0.2, -0.15) is 0 Å². The van der Waals surface area contributed by atoms with Gasteiger partial charge in [0.25, 0.3) is 0 Å². The standard InChI is InChI=1S/C12H21N3OS.ClH/c1-10-7-17-11(16)15(10)6-5-14-4-3-12(2,8-13)9-14;/h7H,3-6,8-9,13H2,1-2H3;1H. The molecule has 0 radical (unpaired) electrons. The van der Waals surface area contributed by atoms with E-state index in [-0.39, 0.29) is 22.7 Å². The van der Waals surface area contributed by atoms with Crippen molar-refractivity contribution in [3.8, 4) is 0 Å². The molecule has 2 heterocycles. The summed E-state index contributed by atoms with van der Waals surface area (Å²) < 4.78 is 1.86. The molecule has 1 aliphatic rings. The fourth-order valence-electron chi connectivity index (χ4n) is 2.40. The molecule has 1 saturated heterocycles. The first-order chi connectivity index (χ1) is 8.04. The summed E-state index contributed by atoms with van der Waals surface area (Å²) in [4.78, 5) is 14.1. The van der Waals surface area contributed by atoms with Crippen LogP contribution >= 0.6 is 23.7 Å². The molecule has 0 saturated carbocycles. The molecule has 1 aromatic rings. The lowest BCUT2D eigenvalue weighted by molar-refractivity contribution is 0.271. The van der Waals surface area contributed by atoms with E-state index in [4.69, 9.17) is 5.73 Å². The highest BCUT2D eigenvalue weighted by Crippen LogP contribution is 2.28. The number of nitrogens with two attached hydrogens (primary N) is 1. The Hall–Kier alpha value is -0.360. The Bertz CT molecular complexity index is 445. The van der Waals surface area contributed by atoms with Crippen LogP contribution in [-0.4, -0.2) is 35.6 Å². The number of hydrogen-bond donors (Lipinski definition) is 1. The lowest BCUT2D eigenvalue weighted by atomic mass is 9.90. The smallest absolute Gasteiger partial charge is 0.307 e. The Morgan fingerprint density at radius 3 is 2.72 bits per heavy atom. The second kappa shape index (κ2) is 6.19. The van der Waals surface area contributed by atoms with Crippen LogP contribution in [0.1, 0.15) is 19.0 Å². The Morgan fingerprint density at radius 2 is 2.22 bits per heavy atom. The van der Waals surface area contributed by atoms with Crippen molar-refractivity contribution in [2.45, 2.75) is 26.8 Å². The molecule has 0 aromatic carbocycles. The first-order valence-corrected chi connectivity index (χ1v) is 6.99. The maximum absolute atomic E-state index is 11.6. The summed E-state index contributed by atoms with van der Waals surface area (Å²) >= 11 is 1.29. The quantitative estimate of drug-likeness (QED) is 0.910. The van der Waals surface area contributed by atoms with Gasteiger partial charge in [0.15, 0.2) is 0 Å². The molecule has 4 nitrogen and oxygen atoms in total. The van der Waals surface area contributed by atoms with Gasteiger partial charge in [-0.3, -0.25) is 4.79 Å². The summed E-state index contributed by atoms with van der Waals surface area (Å²) in [5.41, 5.74) is 7.13. The van der Waals surface area contributed by atoms with Gasteiger partial charge in [-0.1, -0.05) is 18.3 Å². The highest BCUT2D eigenvalue weighted by atomic mass is 35.5. The largest absolute Gasteiger partial charge is 0.330 e. The van der Waals surface area contributed by atoms with Crippen LogP contribution in [0.25, 0.3) is 0 Å². The van der Waals surface area contributed by atoms with Gasteiger partial charge in [-0.15, -0.1) is 12.4 Å². The fourth-order valence-corrected chi connectivity index (χ4v) is 3.16. The van der Waals surface area contributed by atoms with Gasteiger partial charge < -0.3 is 15.2 Å². The average molecular weight is 292 g/mol. The molecule has 1 atom stereocenters. The molecule has 0 amide bonds. The molecule has 0 bridgehead atoms. The molecule has 2 N–H and O–H groups in total. The van der Waals surface area contributed by atoms with Crippen LogP contribution in [0.15, 0.2) is 10.2 Å². The van der Waals surface area contributed by atoms with E-state index in [1.165, 1.54) is 17.8 Å². The van der Waals surface area contributed by atoms with Crippen molar-refractivity contribution in [3.05, 3.63) is 20.7 Å². The zero-order valence-electron chi connectivity index (χ0n) is 11.0. The second-order valence-corrected chi connectivity index (χ2v) is 6.16. The van der Waals surface area contributed by atoms with Crippen molar-refractivity contribution in [2.24, 2.45) is 11.1 Å². The number of hydrogen-bond acceptors (Lipinski definition) is 4. The zero-order chi connectivity index (χ0) is 12.5. The highest BCUT2D eigenvalue weighted by molar-refractivity contribution is 7.07. The topological polar surface area (TPSA) is 51.3 Å². The van der Waals surface area contributed by atoms with Crippen LogP contribution in [0.5, 0.6) is 0 Å². The van der Waals surface area contributed by atoms with Gasteiger partial charge in [-0.05, 0) is 31.8 Å². The third-order valence-corrected chi connectivity index (χ3v) is 4.63. The van der Waals surface area contributed by atoms with E-state index < -0.39 is 0 Å². The SMILES string of the molecule is Cc1csc(=O)n1CCN1CCC(C)(CN)C1.Cl. The van der Waals surface area contributed by atoms with Gasteiger partial charge >= 0.3 is 4.87 Å². The fraction of sp³-hybridized carbons (Fsp3) is 0.750. The summed E-state index contributed by atoms with van der Waals surface area (Å²) in [7, 11) is 0. The highest BCUT2D eigenvalue weighted by Gasteiger charge is 2.31. The number of aromatic nitrogens is 1. The molecule has 18 heavy (non-hydrogen) atoms. The molecule has 104 valence electrons. The Kier molecular flexibility index (Phi) is 5.40. The van der Waals surface area contributed by atoms with E-state index in [0.29, 0.717) is 0 Å². The molecule has 0 spiro atoms. The van der Waals surface area contributed by atoms with Crippen LogP contribution < -0.4 is 10.6 Å². The zero-order valence-corrected chi connectivity index (χ0v) is 12.6. The van der Waals surface area contributed by atoms with Crippen LogP contribution in [0.4, 0.5) is 0 Å². The second-order valence-electron chi connectivity index (χ2n) is 5.34. The maximum atomic E-state index is 11.6. The van der Waals surface area contributed by atoms with Crippen molar-refractivity contribution >= 4 is 23.7 Å². The number of halogens is 1. The number of thiazole rings is 1. The van der Waals surface area contributed by atoms with Gasteiger partial charge in [0, 0.05) is 30.7 Å². The van der Waals surface area contributed by atoms with Crippen molar-refractivity contribution in [1.82, 2.24) is 9.47 Å². The molecule has 1 unspecified atom stereocenters. The summed E-state index contributed by atoms with van der Waals surface area (Å²) in [5.74, 6) is 0. The molecular weight excluding hydrogens is 270 g/mol. The molecule has 1 aromatic heterocycles. The van der Waals surface area contributed by atoms with E-state index in [9.17, 15) is 4.79 Å². The van der Waals surface area contributed by atoms with E-state index in [0.717, 1.165) is 38.4 Å². The molecule has 0 aliphatic carbocycles. The van der Waals surface area contributed by atoms with E-state index in [1.807, 2.05) is 16.9 Å². The van der Waals surface area contributed by atoms with Gasteiger partial charge in [-0.25, -0.2) is 0 Å². The van der Waals surface area contributed by atoms with Crippen LogP contribution in [0.3, 0.4) is 0 Å². The van der Waals surface area contributed by atoms with Crippen LogP contribution in [0.2, 0.25) is 0 Å². The monoisotopic (exact) mass is 291 g/mol. The van der Waals surface area contributed by atoms with Gasteiger partial charge in [0.05, 0.1) is 0 Å². The van der Waals surface area contributed by atoms with Crippen LogP contribution in [0, 0.1) is 12.3 Å². The first-order valence-electron chi connectivity index (χ1n) is 6.11. The Labute approximate surface area is 118 Å². The maximum Gasteiger partial charge on any atom is 0.307 e.